The maximum Gasteiger partial charge on any atom is 0.234 e. The number of nitrogens with one attached hydrogen (secondary N) is 1. The lowest BCUT2D eigenvalue weighted by molar-refractivity contribution is -0.113. The van der Waals surface area contributed by atoms with E-state index < -0.39 is 0 Å². The minimum absolute atomic E-state index is 0.0266. The Hall–Kier alpha value is -1.94. The molecule has 2 N–H and O–H groups in total. The Morgan fingerprint density at radius 2 is 2.00 bits per heavy atom. The molecule has 0 radical (unpaired) electrons. The van der Waals surface area contributed by atoms with Gasteiger partial charge in [-0.3, -0.25) is 4.79 Å². The van der Waals surface area contributed by atoms with Crippen LogP contribution in [0.1, 0.15) is 17.5 Å². The highest BCUT2D eigenvalue weighted by Crippen LogP contribution is 2.25. The average Bonchev–Trinajstić information content (AvgIpc) is 2.93. The number of benzene rings is 2. The van der Waals surface area contributed by atoms with Crippen molar-refractivity contribution in [2.24, 2.45) is 0 Å². The van der Waals surface area contributed by atoms with Crippen molar-refractivity contribution >= 4 is 23.4 Å². The minimum Gasteiger partial charge on any atom is -0.508 e. The number of rotatable bonds is 4. The first-order chi connectivity index (χ1) is 10.2. The zero-order chi connectivity index (χ0) is 14.7. The van der Waals surface area contributed by atoms with Crippen molar-refractivity contribution in [2.45, 2.75) is 24.2 Å². The molecule has 0 saturated carbocycles. The minimum atomic E-state index is -0.0266. The largest absolute Gasteiger partial charge is 0.508 e. The molecule has 2 aromatic carbocycles. The van der Waals surface area contributed by atoms with Gasteiger partial charge in [-0.25, -0.2) is 0 Å². The highest BCUT2D eigenvalue weighted by atomic mass is 32.2. The van der Waals surface area contributed by atoms with Crippen LogP contribution in [0.15, 0.2) is 47.4 Å². The van der Waals surface area contributed by atoms with Crippen molar-refractivity contribution in [2.75, 3.05) is 11.1 Å². The summed E-state index contributed by atoms with van der Waals surface area (Å²) >= 11 is 1.42. The Morgan fingerprint density at radius 3 is 2.86 bits per heavy atom. The number of hydrogen-bond donors (Lipinski definition) is 2. The number of fused-ring (bicyclic) bond motifs is 1. The molecule has 3 nitrogen and oxygen atoms in total. The fourth-order valence-corrected chi connectivity index (χ4v) is 3.32. The Bertz CT molecular complexity index is 670. The third-order valence-electron chi connectivity index (χ3n) is 3.57. The van der Waals surface area contributed by atoms with Gasteiger partial charge in [-0.05, 0) is 60.7 Å². The topological polar surface area (TPSA) is 49.3 Å². The van der Waals surface area contributed by atoms with Crippen LogP contribution in [0.2, 0.25) is 0 Å². The number of carbonyl (C=O) groups excluding carboxylic acids is 1. The quantitative estimate of drug-likeness (QED) is 0.848. The molecular weight excluding hydrogens is 282 g/mol. The van der Waals surface area contributed by atoms with Crippen molar-refractivity contribution in [1.29, 1.82) is 0 Å². The van der Waals surface area contributed by atoms with Crippen molar-refractivity contribution in [3.8, 4) is 5.75 Å². The fraction of sp³-hybridized carbons (Fsp3) is 0.235. The third-order valence-corrected chi connectivity index (χ3v) is 4.56. The van der Waals surface area contributed by atoms with E-state index >= 15 is 0 Å². The molecule has 0 saturated heterocycles. The lowest BCUT2D eigenvalue weighted by Gasteiger charge is -2.07. The number of hydrogen-bond acceptors (Lipinski definition) is 3. The number of phenols is 1. The second kappa shape index (κ2) is 6.22. The summed E-state index contributed by atoms with van der Waals surface area (Å²) in [5.74, 6) is 0.529. The molecule has 0 aromatic heterocycles. The van der Waals surface area contributed by atoms with Gasteiger partial charge in [0.1, 0.15) is 5.75 Å². The molecule has 0 atom stereocenters. The molecule has 21 heavy (non-hydrogen) atoms. The van der Waals surface area contributed by atoms with Crippen molar-refractivity contribution in [3.63, 3.8) is 0 Å². The normalized spacial score (nSPS) is 13.0. The van der Waals surface area contributed by atoms with E-state index in [2.05, 4.69) is 17.4 Å². The van der Waals surface area contributed by atoms with Crippen LogP contribution in [0.4, 0.5) is 5.69 Å². The van der Waals surface area contributed by atoms with Crippen molar-refractivity contribution in [3.05, 3.63) is 53.6 Å². The van der Waals surface area contributed by atoms with Gasteiger partial charge in [0.05, 0.1) is 5.75 Å². The van der Waals surface area contributed by atoms with Crippen LogP contribution in [0, 0.1) is 0 Å². The second-order valence-electron chi connectivity index (χ2n) is 5.17. The van der Waals surface area contributed by atoms with Gasteiger partial charge < -0.3 is 10.4 Å². The van der Waals surface area contributed by atoms with Crippen LogP contribution in [0.3, 0.4) is 0 Å². The Balaban J connectivity index is 1.57. The van der Waals surface area contributed by atoms with E-state index in [1.165, 1.54) is 29.3 Å². The number of phenolic OH excluding ortho intramolecular Hbond substituents is 1. The highest BCUT2D eigenvalue weighted by Gasteiger charge is 2.12. The van der Waals surface area contributed by atoms with Crippen LogP contribution < -0.4 is 5.32 Å². The van der Waals surface area contributed by atoms with Crippen LogP contribution in [-0.4, -0.2) is 16.8 Å². The van der Waals surface area contributed by atoms with Crippen molar-refractivity contribution in [1.82, 2.24) is 0 Å². The van der Waals surface area contributed by atoms with Gasteiger partial charge in [0.15, 0.2) is 0 Å². The average molecular weight is 299 g/mol. The number of aromatic hydroxyl groups is 1. The van der Waals surface area contributed by atoms with Gasteiger partial charge >= 0.3 is 0 Å². The van der Waals surface area contributed by atoms with Gasteiger partial charge in [0.2, 0.25) is 5.91 Å². The smallest absolute Gasteiger partial charge is 0.234 e. The van der Waals surface area contributed by atoms with Crippen LogP contribution >= 0.6 is 11.8 Å². The lowest BCUT2D eigenvalue weighted by Crippen LogP contribution is -2.14. The molecule has 108 valence electrons. The number of aryl methyl sites for hydroxylation is 2. The zero-order valence-electron chi connectivity index (χ0n) is 11.6. The summed E-state index contributed by atoms with van der Waals surface area (Å²) in [5.41, 5.74) is 3.63. The summed E-state index contributed by atoms with van der Waals surface area (Å²) in [7, 11) is 0. The number of thioether (sulfide) groups is 1. The first kappa shape index (κ1) is 14.0. The third kappa shape index (κ3) is 3.58. The lowest BCUT2D eigenvalue weighted by atomic mass is 10.1. The van der Waals surface area contributed by atoms with E-state index in [1.807, 2.05) is 12.1 Å². The van der Waals surface area contributed by atoms with Crippen molar-refractivity contribution < 1.29 is 9.90 Å². The zero-order valence-corrected chi connectivity index (χ0v) is 12.5. The molecule has 0 fully saturated rings. The Kier molecular flexibility index (Phi) is 4.15. The molecule has 4 heteroatoms. The van der Waals surface area contributed by atoms with Crippen LogP contribution in [0.5, 0.6) is 5.75 Å². The van der Waals surface area contributed by atoms with Crippen LogP contribution in [0.25, 0.3) is 0 Å². The molecule has 1 aliphatic carbocycles. The number of amides is 1. The highest BCUT2D eigenvalue weighted by molar-refractivity contribution is 8.00. The van der Waals surface area contributed by atoms with E-state index in [0.717, 1.165) is 23.4 Å². The first-order valence-electron chi connectivity index (χ1n) is 7.04. The molecule has 2 aromatic rings. The molecule has 3 rings (SSSR count). The molecule has 1 amide bonds. The molecule has 0 spiro atoms. The predicted molar refractivity (Wildman–Crippen MR) is 85.9 cm³/mol. The van der Waals surface area contributed by atoms with Gasteiger partial charge in [0, 0.05) is 10.6 Å². The molecule has 0 unspecified atom stereocenters. The van der Waals surface area contributed by atoms with Gasteiger partial charge in [0.25, 0.3) is 0 Å². The molecule has 0 aliphatic heterocycles. The summed E-state index contributed by atoms with van der Waals surface area (Å²) in [6, 6.07) is 13.1. The van der Waals surface area contributed by atoms with E-state index in [0.29, 0.717) is 5.75 Å². The summed E-state index contributed by atoms with van der Waals surface area (Å²) in [6.45, 7) is 0. The van der Waals surface area contributed by atoms with E-state index in [4.69, 9.17) is 0 Å². The van der Waals surface area contributed by atoms with Gasteiger partial charge in [-0.1, -0.05) is 12.1 Å². The fourth-order valence-electron chi connectivity index (χ4n) is 2.57. The SMILES string of the molecule is O=C(CSc1cccc(O)c1)Nc1ccc2c(c1)CCC2. The second-order valence-corrected chi connectivity index (χ2v) is 6.22. The Labute approximate surface area is 128 Å². The standard InChI is InChI=1S/C17H17NO2S/c19-15-5-2-6-16(10-15)21-11-17(20)18-14-8-7-12-3-1-4-13(12)9-14/h2,5-10,19H,1,3-4,11H2,(H,18,20). The predicted octanol–water partition coefficient (Wildman–Crippen LogP) is 3.61. The monoisotopic (exact) mass is 299 g/mol. The van der Waals surface area contributed by atoms with Gasteiger partial charge in [-0.2, -0.15) is 0 Å². The summed E-state index contributed by atoms with van der Waals surface area (Å²) in [6.07, 6.45) is 3.47. The van der Waals surface area contributed by atoms with E-state index in [-0.39, 0.29) is 11.7 Å². The number of anilines is 1. The molecule has 0 heterocycles. The summed E-state index contributed by atoms with van der Waals surface area (Å²) in [4.78, 5) is 12.9. The van der Waals surface area contributed by atoms with Crippen LogP contribution in [-0.2, 0) is 17.6 Å². The summed E-state index contributed by atoms with van der Waals surface area (Å²) < 4.78 is 0. The Morgan fingerprint density at radius 1 is 1.14 bits per heavy atom. The van der Waals surface area contributed by atoms with E-state index in [1.54, 1.807) is 18.2 Å². The molecular formula is C17H17NO2S. The summed E-state index contributed by atoms with van der Waals surface area (Å²) in [5, 5.41) is 12.3. The molecule has 0 bridgehead atoms. The number of carbonyl (C=O) groups is 1. The maximum absolute atomic E-state index is 12.0. The van der Waals surface area contributed by atoms with E-state index in [9.17, 15) is 9.90 Å². The maximum atomic E-state index is 12.0. The first-order valence-corrected chi connectivity index (χ1v) is 8.03. The molecule has 1 aliphatic rings. The van der Waals surface area contributed by atoms with Gasteiger partial charge in [-0.15, -0.1) is 11.8 Å².